The molecule has 0 aromatic heterocycles. The molecule has 24 valence electrons. The molecule has 0 aliphatic heterocycles. The van der Waals surface area contributed by atoms with E-state index in [-0.39, 0.29) is 23.9 Å². The van der Waals surface area contributed by atoms with Crippen molar-refractivity contribution < 1.29 is 0 Å². The average Bonchev–Trinajstić information content (AvgIpc) is 1.50. The fourth-order valence-electron chi connectivity index (χ4n) is 0. The van der Waals surface area contributed by atoms with Gasteiger partial charge in [-0.3, -0.25) is 0 Å². The summed E-state index contributed by atoms with van der Waals surface area (Å²) in [6.45, 7) is 0. The van der Waals surface area contributed by atoms with Crippen LogP contribution in [0.4, 0.5) is 0 Å². The van der Waals surface area contributed by atoms with E-state index >= 15 is 0 Å². The molecule has 0 aliphatic carbocycles. The first kappa shape index (κ1) is 15.7. The Kier molecular flexibility index (Phi) is 87.9. The Morgan fingerprint density at radius 3 is 0.800 bits per heavy atom. The largest absolute Gasteiger partial charge is 0 e. The number of hydrogen-bond acceptors (Lipinski definition) is 0. The van der Waals surface area contributed by atoms with E-state index in [0.29, 0.717) is 0 Å². The van der Waals surface area contributed by atoms with Crippen LogP contribution < -0.4 is 0 Å². The maximum absolute atomic E-state index is 3.06. The van der Waals surface area contributed by atoms with E-state index in [1.165, 1.54) is 42.9 Å². The maximum Gasteiger partial charge on any atom is 0 e. The summed E-state index contributed by atoms with van der Waals surface area (Å²) in [7, 11) is 0. The van der Waals surface area contributed by atoms with Gasteiger partial charge in [0, 0.05) is 23.9 Å². The Hall–Kier alpha value is 3.00. The van der Waals surface area contributed by atoms with Crippen LogP contribution in [0.2, 0.25) is 0 Å². The van der Waals surface area contributed by atoms with Crippen LogP contribution in [0.1, 0.15) is 0 Å². The summed E-state index contributed by atoms with van der Waals surface area (Å²) in [6, 6.07) is 0. The maximum atomic E-state index is 3.06. The standard InChI is InChI=1S/2HP.3Sn/h2*1H;;;. The SMILES string of the molecule is [PH]=[Sn].[PH]=[Sn].[Sn]. The molecule has 0 nitrogen and oxygen atoms in total. The molecule has 0 unspecified atom stereocenters. The van der Waals surface area contributed by atoms with Crippen molar-refractivity contribution in [1.82, 2.24) is 0 Å². The molecule has 0 N–H and O–H groups in total. The van der Waals surface area contributed by atoms with Crippen LogP contribution in [0.5, 0.6) is 0 Å². The molecule has 0 aliphatic rings. The molecule has 8 radical (unpaired) electrons. The fraction of sp³-hybridized carbons (Fsp3) is 0. The van der Waals surface area contributed by atoms with Gasteiger partial charge >= 0.3 is 55.8 Å². The van der Waals surface area contributed by atoms with Gasteiger partial charge in [0.15, 0.2) is 0 Å². The van der Waals surface area contributed by atoms with Crippen molar-refractivity contribution in [1.29, 1.82) is 0 Å². The molecule has 0 atom stereocenters. The second-order valence-electron chi connectivity index (χ2n) is 0. The van der Waals surface area contributed by atoms with E-state index in [0.717, 1.165) is 0 Å². The van der Waals surface area contributed by atoms with Crippen LogP contribution in [-0.2, 0) is 0 Å². The van der Waals surface area contributed by atoms with E-state index in [4.69, 9.17) is 0 Å². The Labute approximate surface area is 78.3 Å². The summed E-state index contributed by atoms with van der Waals surface area (Å²) in [4.78, 5) is 0. The van der Waals surface area contributed by atoms with Crippen molar-refractivity contribution in [2.45, 2.75) is 0 Å². The summed E-state index contributed by atoms with van der Waals surface area (Å²) in [5.74, 6) is 0. The third kappa shape index (κ3) is 19.5. The zero-order chi connectivity index (χ0) is 4.00. The molecule has 0 heterocycles. The second-order valence-corrected chi connectivity index (χ2v) is 0. The van der Waals surface area contributed by atoms with E-state index in [1.54, 1.807) is 0 Å². The Bertz CT molecular complexity index is 6.85. The van der Waals surface area contributed by atoms with Gasteiger partial charge in [-0.2, -0.15) is 0 Å². The molecule has 5 heteroatoms. The van der Waals surface area contributed by atoms with Crippen LogP contribution in [0.3, 0.4) is 0 Å². The first-order chi connectivity index (χ1) is 2.00. The minimum atomic E-state index is 0. The van der Waals surface area contributed by atoms with Gasteiger partial charge < -0.3 is 0 Å². The van der Waals surface area contributed by atoms with Gasteiger partial charge in [-0.05, 0) is 0 Å². The number of rotatable bonds is 0. The number of hydrogen-bond donors (Lipinski definition) is 0. The van der Waals surface area contributed by atoms with E-state index in [1.807, 2.05) is 0 Å². The summed E-state index contributed by atoms with van der Waals surface area (Å²) < 4.78 is 0. The van der Waals surface area contributed by atoms with Crippen molar-refractivity contribution in [2.75, 3.05) is 0 Å². The molecule has 5 heavy (non-hydrogen) atoms. The Balaban J connectivity index is -0.0000000133. The molecule has 0 fully saturated rings. The third-order valence-electron chi connectivity index (χ3n) is 0. The zero-order valence-electron chi connectivity index (χ0n) is 2.50. The zero-order valence-corrected chi connectivity index (χ0v) is 13.1. The monoisotopic (exact) mass is 424 g/mol. The molecular formula is H2P2Sn3. The van der Waals surface area contributed by atoms with Crippen LogP contribution in [0.15, 0.2) is 0 Å². The van der Waals surface area contributed by atoms with Crippen molar-refractivity contribution in [3.63, 3.8) is 0 Å². The van der Waals surface area contributed by atoms with Gasteiger partial charge in [-0.1, -0.05) is 0 Å². The molecule has 0 aromatic carbocycles. The molecule has 0 aromatic rings. The predicted molar refractivity (Wildman–Crippen MR) is 33.9 cm³/mol. The molecular weight excluding hydrogens is 418 g/mol. The van der Waals surface area contributed by atoms with Crippen molar-refractivity contribution in [3.05, 3.63) is 0 Å². The quantitative estimate of drug-likeness (QED) is 0.384. The minimum absolute atomic E-state index is 0. The Morgan fingerprint density at radius 1 is 0.800 bits per heavy atom. The summed E-state index contributed by atoms with van der Waals surface area (Å²) >= 11 is 2.71. The van der Waals surface area contributed by atoms with Gasteiger partial charge in [0.2, 0.25) is 0 Å². The smallest absolute Gasteiger partial charge is 0 e. The topological polar surface area (TPSA) is 0 Å². The van der Waals surface area contributed by atoms with Crippen molar-refractivity contribution >= 4 is 79.7 Å². The van der Waals surface area contributed by atoms with Crippen molar-refractivity contribution in [3.8, 4) is 0 Å². The summed E-state index contributed by atoms with van der Waals surface area (Å²) in [6.07, 6.45) is 6.12. The molecule has 0 rings (SSSR count). The van der Waals surface area contributed by atoms with E-state index < -0.39 is 0 Å². The molecule has 0 bridgehead atoms. The second kappa shape index (κ2) is 28.0. The molecule has 0 saturated carbocycles. The third-order valence-corrected chi connectivity index (χ3v) is 0. The van der Waals surface area contributed by atoms with Crippen LogP contribution in [0, 0.1) is 0 Å². The molecule has 0 spiro atoms. The summed E-state index contributed by atoms with van der Waals surface area (Å²) in [5, 5.41) is 0. The summed E-state index contributed by atoms with van der Waals surface area (Å²) in [5.41, 5.74) is 0. The average molecular weight is 420 g/mol. The van der Waals surface area contributed by atoms with Gasteiger partial charge in [-0.15, -0.1) is 0 Å². The first-order valence-corrected chi connectivity index (χ1v) is 10.1. The predicted octanol–water partition coefficient (Wildman–Crippen LogP) is 0.0446. The molecule has 0 amide bonds. The van der Waals surface area contributed by atoms with Gasteiger partial charge in [0.1, 0.15) is 0 Å². The first-order valence-electron chi connectivity index (χ1n) is 0.500. The van der Waals surface area contributed by atoms with Crippen LogP contribution in [0.25, 0.3) is 0 Å². The van der Waals surface area contributed by atoms with Crippen LogP contribution >= 0.6 is 12.9 Å². The van der Waals surface area contributed by atoms with Gasteiger partial charge in [0.25, 0.3) is 0 Å². The molecule has 0 saturated heterocycles. The Morgan fingerprint density at radius 2 is 0.800 bits per heavy atom. The van der Waals surface area contributed by atoms with Gasteiger partial charge in [0.05, 0.1) is 0 Å². The van der Waals surface area contributed by atoms with Crippen LogP contribution in [-0.4, -0.2) is 66.8 Å². The minimum Gasteiger partial charge on any atom is 0 e. The van der Waals surface area contributed by atoms with Gasteiger partial charge in [-0.25, -0.2) is 0 Å². The normalized spacial score (nSPS) is 1.60. The van der Waals surface area contributed by atoms with Crippen molar-refractivity contribution in [2.24, 2.45) is 0 Å². The van der Waals surface area contributed by atoms with E-state index in [2.05, 4.69) is 12.9 Å². The fourth-order valence-corrected chi connectivity index (χ4v) is 0. The van der Waals surface area contributed by atoms with E-state index in [9.17, 15) is 0 Å².